The van der Waals surface area contributed by atoms with Crippen molar-refractivity contribution in [2.24, 2.45) is 0 Å². The minimum atomic E-state index is -1.00. The van der Waals surface area contributed by atoms with E-state index in [2.05, 4.69) is 15.0 Å². The van der Waals surface area contributed by atoms with Crippen molar-refractivity contribution in [3.63, 3.8) is 0 Å². The third kappa shape index (κ3) is 1.89. The van der Waals surface area contributed by atoms with Crippen LogP contribution in [0.5, 0.6) is 0 Å². The van der Waals surface area contributed by atoms with Crippen molar-refractivity contribution in [1.82, 2.24) is 15.0 Å². The van der Waals surface area contributed by atoms with E-state index in [-0.39, 0.29) is 5.56 Å². The highest BCUT2D eigenvalue weighted by Gasteiger charge is 2.06. The molecule has 0 saturated heterocycles. The smallest absolute Gasteiger partial charge is 0.337 e. The normalized spacial score (nSPS) is 10.5. The summed E-state index contributed by atoms with van der Waals surface area (Å²) < 4.78 is 0. The standard InChI is InChI=1S/C9H7N3O2S/c1-15-9-11-3-5-2-6(8(13)14)4-10-7(5)12-9/h2-4H,1H3,(H,13,14). The highest BCUT2D eigenvalue weighted by Crippen LogP contribution is 2.14. The Balaban J connectivity index is 2.59. The van der Waals surface area contributed by atoms with E-state index in [4.69, 9.17) is 5.11 Å². The molecule has 0 aromatic carbocycles. The molecule has 0 aliphatic heterocycles. The summed E-state index contributed by atoms with van der Waals surface area (Å²) in [5.74, 6) is -1.00. The van der Waals surface area contributed by atoms with Crippen molar-refractivity contribution >= 4 is 28.8 Å². The van der Waals surface area contributed by atoms with Crippen LogP contribution in [0, 0.1) is 0 Å². The van der Waals surface area contributed by atoms with E-state index in [1.807, 2.05) is 6.26 Å². The van der Waals surface area contributed by atoms with Gasteiger partial charge in [-0.2, -0.15) is 0 Å². The van der Waals surface area contributed by atoms with Crippen LogP contribution < -0.4 is 0 Å². The molecule has 2 rings (SSSR count). The van der Waals surface area contributed by atoms with Crippen LogP contribution in [0.15, 0.2) is 23.6 Å². The molecule has 2 aromatic rings. The Labute approximate surface area is 89.6 Å². The molecule has 0 radical (unpaired) electrons. The van der Waals surface area contributed by atoms with E-state index in [0.29, 0.717) is 16.2 Å². The summed E-state index contributed by atoms with van der Waals surface area (Å²) in [6.07, 6.45) is 4.74. The fraction of sp³-hybridized carbons (Fsp3) is 0.111. The van der Waals surface area contributed by atoms with Gasteiger partial charge in [0, 0.05) is 17.8 Å². The zero-order valence-corrected chi connectivity index (χ0v) is 8.65. The first-order valence-electron chi connectivity index (χ1n) is 4.11. The van der Waals surface area contributed by atoms with Crippen LogP contribution in [0.4, 0.5) is 0 Å². The molecule has 2 heterocycles. The summed E-state index contributed by atoms with van der Waals surface area (Å²) >= 11 is 1.42. The van der Waals surface area contributed by atoms with Crippen molar-refractivity contribution < 1.29 is 9.90 Å². The van der Waals surface area contributed by atoms with Gasteiger partial charge in [-0.1, -0.05) is 11.8 Å². The fourth-order valence-electron chi connectivity index (χ4n) is 1.12. The average molecular weight is 221 g/mol. The van der Waals surface area contributed by atoms with Crippen molar-refractivity contribution in [2.45, 2.75) is 5.16 Å². The monoisotopic (exact) mass is 221 g/mol. The largest absolute Gasteiger partial charge is 0.478 e. The van der Waals surface area contributed by atoms with Gasteiger partial charge < -0.3 is 5.11 Å². The molecular formula is C9H7N3O2S. The summed E-state index contributed by atoms with van der Waals surface area (Å²) in [6, 6.07) is 1.51. The molecule has 0 saturated carbocycles. The summed E-state index contributed by atoms with van der Waals surface area (Å²) in [7, 11) is 0. The third-order valence-electron chi connectivity index (χ3n) is 1.84. The Hall–Kier alpha value is -1.69. The van der Waals surface area contributed by atoms with Gasteiger partial charge in [0.1, 0.15) is 0 Å². The third-order valence-corrected chi connectivity index (χ3v) is 2.40. The SMILES string of the molecule is CSc1ncc2cc(C(=O)O)cnc2n1. The van der Waals surface area contributed by atoms with Gasteiger partial charge in [-0.25, -0.2) is 19.7 Å². The molecule has 2 aromatic heterocycles. The minimum absolute atomic E-state index is 0.142. The van der Waals surface area contributed by atoms with Crippen LogP contribution in [0.25, 0.3) is 11.0 Å². The van der Waals surface area contributed by atoms with Crippen LogP contribution >= 0.6 is 11.8 Å². The summed E-state index contributed by atoms with van der Waals surface area (Å²) in [5.41, 5.74) is 0.655. The van der Waals surface area contributed by atoms with Gasteiger partial charge in [-0.3, -0.25) is 0 Å². The number of nitrogens with zero attached hydrogens (tertiary/aromatic N) is 3. The first-order chi connectivity index (χ1) is 7.20. The van der Waals surface area contributed by atoms with Crippen LogP contribution in [-0.2, 0) is 0 Å². The summed E-state index contributed by atoms with van der Waals surface area (Å²) in [5, 5.41) is 10.0. The number of rotatable bonds is 2. The van der Waals surface area contributed by atoms with E-state index >= 15 is 0 Å². The second-order valence-corrected chi connectivity index (χ2v) is 3.57. The number of fused-ring (bicyclic) bond motifs is 1. The van der Waals surface area contributed by atoms with E-state index in [9.17, 15) is 4.79 Å². The molecule has 0 spiro atoms. The number of carboxylic acids is 1. The first-order valence-corrected chi connectivity index (χ1v) is 5.33. The Morgan fingerprint density at radius 1 is 1.40 bits per heavy atom. The van der Waals surface area contributed by atoms with Crippen molar-refractivity contribution in [2.75, 3.05) is 6.26 Å². The Morgan fingerprint density at radius 3 is 2.87 bits per heavy atom. The second kappa shape index (κ2) is 3.82. The van der Waals surface area contributed by atoms with Gasteiger partial charge in [-0.15, -0.1) is 0 Å². The predicted octanol–water partition coefficient (Wildman–Crippen LogP) is 1.44. The van der Waals surface area contributed by atoms with Crippen molar-refractivity contribution in [1.29, 1.82) is 0 Å². The Kier molecular flexibility index (Phi) is 2.51. The maximum Gasteiger partial charge on any atom is 0.337 e. The lowest BCUT2D eigenvalue weighted by Gasteiger charge is -1.99. The van der Waals surface area contributed by atoms with Crippen LogP contribution in [0.3, 0.4) is 0 Å². The lowest BCUT2D eigenvalue weighted by Crippen LogP contribution is -1.98. The van der Waals surface area contributed by atoms with Gasteiger partial charge in [0.15, 0.2) is 10.8 Å². The molecule has 0 amide bonds. The summed E-state index contributed by atoms with van der Waals surface area (Å²) in [6.45, 7) is 0. The van der Waals surface area contributed by atoms with Gasteiger partial charge in [0.25, 0.3) is 0 Å². The van der Waals surface area contributed by atoms with Gasteiger partial charge in [0.2, 0.25) is 0 Å². The molecule has 0 fully saturated rings. The van der Waals surface area contributed by atoms with E-state index in [1.165, 1.54) is 24.0 Å². The number of carbonyl (C=O) groups is 1. The molecule has 76 valence electrons. The molecule has 0 aliphatic carbocycles. The number of pyridine rings is 1. The highest BCUT2D eigenvalue weighted by atomic mass is 32.2. The van der Waals surface area contributed by atoms with Crippen LogP contribution in [0.1, 0.15) is 10.4 Å². The van der Waals surface area contributed by atoms with E-state index < -0.39 is 5.97 Å². The van der Waals surface area contributed by atoms with Crippen LogP contribution in [0.2, 0.25) is 0 Å². The van der Waals surface area contributed by atoms with Gasteiger partial charge in [0.05, 0.1) is 5.56 Å². The number of aromatic nitrogens is 3. The molecule has 1 N–H and O–H groups in total. The molecule has 0 atom stereocenters. The van der Waals surface area contributed by atoms with E-state index in [1.54, 1.807) is 6.20 Å². The number of hydrogen-bond donors (Lipinski definition) is 1. The maximum atomic E-state index is 10.7. The molecule has 0 unspecified atom stereocenters. The van der Waals surface area contributed by atoms with Crippen molar-refractivity contribution in [3.05, 3.63) is 24.0 Å². The molecule has 15 heavy (non-hydrogen) atoms. The summed E-state index contributed by atoms with van der Waals surface area (Å²) in [4.78, 5) is 22.8. The number of thioether (sulfide) groups is 1. The van der Waals surface area contributed by atoms with Gasteiger partial charge in [-0.05, 0) is 12.3 Å². The zero-order valence-electron chi connectivity index (χ0n) is 7.84. The van der Waals surface area contributed by atoms with Crippen molar-refractivity contribution in [3.8, 4) is 0 Å². The predicted molar refractivity (Wildman–Crippen MR) is 56.1 cm³/mol. The fourth-order valence-corrected chi connectivity index (χ4v) is 1.46. The number of aromatic carboxylic acids is 1. The molecule has 0 bridgehead atoms. The maximum absolute atomic E-state index is 10.7. The lowest BCUT2D eigenvalue weighted by atomic mass is 10.2. The molecule has 5 nitrogen and oxygen atoms in total. The topological polar surface area (TPSA) is 76.0 Å². The molecular weight excluding hydrogens is 214 g/mol. The first kappa shape index (κ1) is 9.85. The van der Waals surface area contributed by atoms with Crippen LogP contribution in [-0.4, -0.2) is 32.3 Å². The Bertz CT molecular complexity index is 530. The second-order valence-electron chi connectivity index (χ2n) is 2.80. The number of hydrogen-bond acceptors (Lipinski definition) is 5. The quantitative estimate of drug-likeness (QED) is 0.611. The zero-order chi connectivity index (χ0) is 10.8. The minimum Gasteiger partial charge on any atom is -0.478 e. The Morgan fingerprint density at radius 2 is 2.20 bits per heavy atom. The average Bonchev–Trinajstić information content (AvgIpc) is 2.27. The number of carboxylic acid groups (broad SMARTS) is 1. The molecule has 6 heteroatoms. The highest BCUT2D eigenvalue weighted by molar-refractivity contribution is 7.98. The molecule has 0 aliphatic rings. The lowest BCUT2D eigenvalue weighted by molar-refractivity contribution is 0.0696. The van der Waals surface area contributed by atoms with Gasteiger partial charge >= 0.3 is 5.97 Å². The van der Waals surface area contributed by atoms with E-state index in [0.717, 1.165) is 0 Å².